The van der Waals surface area contributed by atoms with Crippen LogP contribution in [-0.2, 0) is 11.3 Å². The van der Waals surface area contributed by atoms with Crippen molar-refractivity contribution in [2.24, 2.45) is 5.73 Å². The van der Waals surface area contributed by atoms with Gasteiger partial charge in [0.1, 0.15) is 11.9 Å². The van der Waals surface area contributed by atoms with E-state index in [-0.39, 0.29) is 12.1 Å². The average molecular weight is 294 g/mol. The molecule has 0 aromatic heterocycles. The number of hydrogen-bond donors (Lipinski definition) is 2. The third kappa shape index (κ3) is 3.78. The molecule has 0 saturated carbocycles. The van der Waals surface area contributed by atoms with Crippen molar-refractivity contribution in [2.45, 2.75) is 38.3 Å². The van der Waals surface area contributed by atoms with Crippen molar-refractivity contribution in [3.63, 3.8) is 0 Å². The third-order valence-electron chi connectivity index (χ3n) is 3.85. The molecule has 0 radical (unpaired) electrons. The topological polar surface area (TPSA) is 83.6 Å². The fraction of sp³-hybridized carbons (Fsp3) is 0.467. The largest absolute Gasteiger partial charge is 0.480 e. The summed E-state index contributed by atoms with van der Waals surface area (Å²) in [5.41, 5.74) is 5.73. The number of carboxylic acid groups (broad SMARTS) is 1. The van der Waals surface area contributed by atoms with Gasteiger partial charge in [0.25, 0.3) is 0 Å². The van der Waals surface area contributed by atoms with Gasteiger partial charge in [0.2, 0.25) is 5.91 Å². The van der Waals surface area contributed by atoms with Crippen molar-refractivity contribution in [1.82, 2.24) is 4.90 Å². The molecule has 1 saturated heterocycles. The zero-order chi connectivity index (χ0) is 15.4. The smallest absolute Gasteiger partial charge is 0.320 e. The summed E-state index contributed by atoms with van der Waals surface area (Å²) in [6.45, 7) is 0.779. The maximum absolute atomic E-state index is 13.9. The number of nitrogens with zero attached hydrogens (tertiary/aromatic N) is 1. The molecule has 0 aliphatic carbocycles. The fourth-order valence-electron chi connectivity index (χ4n) is 2.70. The van der Waals surface area contributed by atoms with Crippen LogP contribution in [0.5, 0.6) is 0 Å². The molecule has 0 bridgehead atoms. The number of carbonyl (C=O) groups excluding carboxylic acids is 1. The molecule has 1 amide bonds. The van der Waals surface area contributed by atoms with E-state index in [1.165, 1.54) is 18.2 Å². The molecule has 3 N–H and O–H groups in total. The monoisotopic (exact) mass is 294 g/mol. The van der Waals surface area contributed by atoms with Crippen LogP contribution in [-0.4, -0.2) is 34.5 Å². The Hall–Kier alpha value is -1.95. The van der Waals surface area contributed by atoms with Gasteiger partial charge in [-0.25, -0.2) is 4.39 Å². The predicted molar refractivity (Wildman–Crippen MR) is 75.2 cm³/mol. The van der Waals surface area contributed by atoms with Gasteiger partial charge in [-0.1, -0.05) is 12.8 Å². The van der Waals surface area contributed by atoms with Crippen molar-refractivity contribution in [2.75, 3.05) is 6.54 Å². The second kappa shape index (κ2) is 6.67. The van der Waals surface area contributed by atoms with Crippen LogP contribution < -0.4 is 5.73 Å². The lowest BCUT2D eigenvalue weighted by atomic mass is 10.1. The van der Waals surface area contributed by atoms with E-state index in [1.54, 1.807) is 4.90 Å². The van der Waals surface area contributed by atoms with Gasteiger partial charge in [-0.05, 0) is 37.6 Å². The molecular weight excluding hydrogens is 275 g/mol. The van der Waals surface area contributed by atoms with Crippen LogP contribution in [0.25, 0.3) is 0 Å². The molecule has 1 heterocycles. The number of rotatable bonds is 4. The lowest BCUT2D eigenvalue weighted by Crippen LogP contribution is -2.40. The van der Waals surface area contributed by atoms with Crippen molar-refractivity contribution in [3.05, 3.63) is 35.1 Å². The molecule has 1 aromatic carbocycles. The summed E-state index contributed by atoms with van der Waals surface area (Å²) in [5, 5.41) is 9.31. The Morgan fingerprint density at radius 3 is 2.76 bits per heavy atom. The lowest BCUT2D eigenvalue weighted by Gasteiger charge is -2.26. The SMILES string of the molecule is NC(=O)c1ccc(F)c(CN2CCCCCC2C(=O)O)c1. The number of likely N-dealkylation sites (tertiary alicyclic amines) is 1. The standard InChI is InChI=1S/C15H19FN2O3/c16-12-6-5-10(14(17)19)8-11(12)9-18-7-3-1-2-4-13(18)15(20)21/h5-6,8,13H,1-4,7,9H2,(H2,17,19)(H,20,21). The highest BCUT2D eigenvalue weighted by atomic mass is 19.1. The molecule has 6 heteroatoms. The van der Waals surface area contributed by atoms with E-state index in [0.717, 1.165) is 19.3 Å². The molecule has 114 valence electrons. The molecule has 1 aromatic rings. The number of halogens is 1. The Labute approximate surface area is 122 Å². The van der Waals surface area contributed by atoms with Gasteiger partial charge in [0.15, 0.2) is 0 Å². The predicted octanol–water partition coefficient (Wildman–Crippen LogP) is 1.75. The summed E-state index contributed by atoms with van der Waals surface area (Å²) in [6.07, 6.45) is 3.29. The molecule has 0 spiro atoms. The summed E-state index contributed by atoms with van der Waals surface area (Å²) in [5.74, 6) is -1.96. The van der Waals surface area contributed by atoms with E-state index >= 15 is 0 Å². The van der Waals surface area contributed by atoms with Crippen molar-refractivity contribution >= 4 is 11.9 Å². The van der Waals surface area contributed by atoms with Gasteiger partial charge in [-0.2, -0.15) is 0 Å². The van der Waals surface area contributed by atoms with Crippen molar-refractivity contribution in [3.8, 4) is 0 Å². The van der Waals surface area contributed by atoms with Gasteiger partial charge in [-0.3, -0.25) is 14.5 Å². The maximum atomic E-state index is 13.9. The molecule has 1 atom stereocenters. The number of nitrogens with two attached hydrogens (primary N) is 1. The highest BCUT2D eigenvalue weighted by Gasteiger charge is 2.27. The summed E-state index contributed by atoms with van der Waals surface area (Å²) in [4.78, 5) is 24.3. The first-order valence-corrected chi connectivity index (χ1v) is 7.04. The quantitative estimate of drug-likeness (QED) is 0.886. The fourth-order valence-corrected chi connectivity index (χ4v) is 2.70. The minimum absolute atomic E-state index is 0.171. The summed E-state index contributed by atoms with van der Waals surface area (Å²) >= 11 is 0. The molecule has 21 heavy (non-hydrogen) atoms. The summed E-state index contributed by atoms with van der Waals surface area (Å²) < 4.78 is 13.9. The van der Waals surface area contributed by atoms with Crippen LogP contribution in [0.1, 0.15) is 41.6 Å². The van der Waals surface area contributed by atoms with Gasteiger partial charge >= 0.3 is 5.97 Å². The molecule has 1 unspecified atom stereocenters. The molecule has 5 nitrogen and oxygen atoms in total. The number of amides is 1. The van der Waals surface area contributed by atoms with Gasteiger partial charge in [0.05, 0.1) is 0 Å². The first-order valence-electron chi connectivity index (χ1n) is 7.04. The zero-order valence-corrected chi connectivity index (χ0v) is 11.7. The molecular formula is C15H19FN2O3. The van der Waals surface area contributed by atoms with Crippen LogP contribution in [0.2, 0.25) is 0 Å². The van der Waals surface area contributed by atoms with Crippen LogP contribution in [0.15, 0.2) is 18.2 Å². The maximum Gasteiger partial charge on any atom is 0.320 e. The molecule has 1 aliphatic rings. The molecule has 1 fully saturated rings. The van der Waals surface area contributed by atoms with Gasteiger partial charge in [0, 0.05) is 17.7 Å². The Morgan fingerprint density at radius 2 is 2.10 bits per heavy atom. The normalized spacial score (nSPS) is 20.0. The van der Waals surface area contributed by atoms with E-state index in [1.807, 2.05) is 0 Å². The van der Waals surface area contributed by atoms with Crippen LogP contribution in [0.3, 0.4) is 0 Å². The van der Waals surface area contributed by atoms with Crippen molar-refractivity contribution in [1.29, 1.82) is 0 Å². The Kier molecular flexibility index (Phi) is 4.90. The second-order valence-electron chi connectivity index (χ2n) is 5.34. The van der Waals surface area contributed by atoms with E-state index < -0.39 is 23.7 Å². The number of carbonyl (C=O) groups is 2. The highest BCUT2D eigenvalue weighted by Crippen LogP contribution is 2.21. The number of benzene rings is 1. The molecule has 2 rings (SSSR count). The first kappa shape index (κ1) is 15.4. The first-order chi connectivity index (χ1) is 9.99. The minimum Gasteiger partial charge on any atom is -0.480 e. The Balaban J connectivity index is 2.23. The van der Waals surface area contributed by atoms with Gasteiger partial charge < -0.3 is 10.8 Å². The number of primary amides is 1. The van der Waals surface area contributed by atoms with Crippen LogP contribution >= 0.6 is 0 Å². The number of hydrogen-bond acceptors (Lipinski definition) is 3. The number of aliphatic carboxylic acids is 1. The van der Waals surface area contributed by atoms with Gasteiger partial charge in [-0.15, -0.1) is 0 Å². The van der Waals surface area contributed by atoms with Crippen molar-refractivity contribution < 1.29 is 19.1 Å². The Morgan fingerprint density at radius 1 is 1.33 bits per heavy atom. The minimum atomic E-state index is -0.886. The average Bonchev–Trinajstić information content (AvgIpc) is 2.66. The van der Waals surface area contributed by atoms with E-state index in [2.05, 4.69) is 0 Å². The van der Waals surface area contributed by atoms with Crippen LogP contribution in [0.4, 0.5) is 4.39 Å². The Bertz CT molecular complexity index is 548. The summed E-state index contributed by atoms with van der Waals surface area (Å²) in [7, 11) is 0. The van der Waals surface area contributed by atoms with E-state index in [0.29, 0.717) is 18.5 Å². The number of carboxylic acids is 1. The van der Waals surface area contributed by atoms with E-state index in [4.69, 9.17) is 5.73 Å². The second-order valence-corrected chi connectivity index (χ2v) is 5.34. The third-order valence-corrected chi connectivity index (χ3v) is 3.85. The van der Waals surface area contributed by atoms with Crippen LogP contribution in [0, 0.1) is 5.82 Å². The lowest BCUT2D eigenvalue weighted by molar-refractivity contribution is -0.143. The molecule has 1 aliphatic heterocycles. The van der Waals surface area contributed by atoms with E-state index in [9.17, 15) is 19.1 Å². The zero-order valence-electron chi connectivity index (χ0n) is 11.7. The highest BCUT2D eigenvalue weighted by molar-refractivity contribution is 5.92. The summed E-state index contributed by atoms with van der Waals surface area (Å²) in [6, 6.07) is 3.33.